The minimum absolute atomic E-state index is 0.238. The van der Waals surface area contributed by atoms with Crippen LogP contribution in [0.4, 0.5) is 5.69 Å². The summed E-state index contributed by atoms with van der Waals surface area (Å²) in [5, 5.41) is 0. The summed E-state index contributed by atoms with van der Waals surface area (Å²) in [5.41, 5.74) is 2.21. The SMILES string of the molecule is COC(=O)c1cccc(C(=O)CC(=O)c2ccc(N3CCN(C)CC3)cc2)c1. The minimum Gasteiger partial charge on any atom is -0.465 e. The second-order valence-electron chi connectivity index (χ2n) is 6.93. The molecule has 1 saturated heterocycles. The summed E-state index contributed by atoms with van der Waals surface area (Å²) >= 11 is 0. The lowest BCUT2D eigenvalue weighted by Gasteiger charge is -2.34. The Kier molecular flexibility index (Phi) is 6.21. The summed E-state index contributed by atoms with van der Waals surface area (Å²) in [5.74, 6) is -1.07. The number of ketones is 2. The van der Waals surface area contributed by atoms with Crippen molar-refractivity contribution in [1.29, 1.82) is 0 Å². The molecule has 1 aliphatic heterocycles. The van der Waals surface area contributed by atoms with Gasteiger partial charge >= 0.3 is 5.97 Å². The molecule has 0 bridgehead atoms. The van der Waals surface area contributed by atoms with Crippen molar-refractivity contribution in [2.75, 3.05) is 45.2 Å². The fraction of sp³-hybridized carbons (Fsp3) is 0.318. The van der Waals surface area contributed by atoms with Crippen molar-refractivity contribution >= 4 is 23.2 Å². The van der Waals surface area contributed by atoms with Gasteiger partial charge in [0, 0.05) is 43.0 Å². The predicted molar refractivity (Wildman–Crippen MR) is 107 cm³/mol. The molecule has 0 N–H and O–H groups in total. The summed E-state index contributed by atoms with van der Waals surface area (Å²) in [4.78, 5) is 41.1. The Morgan fingerprint density at radius 1 is 0.857 bits per heavy atom. The third-order valence-electron chi connectivity index (χ3n) is 4.98. The highest BCUT2D eigenvalue weighted by Crippen LogP contribution is 2.18. The maximum Gasteiger partial charge on any atom is 0.337 e. The first-order valence-corrected chi connectivity index (χ1v) is 9.26. The molecule has 0 spiro atoms. The van der Waals surface area contributed by atoms with Crippen LogP contribution in [0, 0.1) is 0 Å². The second-order valence-corrected chi connectivity index (χ2v) is 6.93. The fourth-order valence-electron chi connectivity index (χ4n) is 3.21. The first-order chi connectivity index (χ1) is 13.5. The highest BCUT2D eigenvalue weighted by Gasteiger charge is 2.17. The molecule has 6 heteroatoms. The lowest BCUT2D eigenvalue weighted by atomic mass is 10.00. The summed E-state index contributed by atoms with van der Waals surface area (Å²) in [6.45, 7) is 3.94. The number of carbonyl (C=O) groups excluding carboxylic acids is 3. The van der Waals surface area contributed by atoms with Crippen molar-refractivity contribution < 1.29 is 19.1 Å². The van der Waals surface area contributed by atoms with Gasteiger partial charge in [0.2, 0.25) is 0 Å². The molecule has 0 amide bonds. The maximum absolute atomic E-state index is 12.5. The van der Waals surface area contributed by atoms with E-state index in [0.717, 1.165) is 31.9 Å². The molecular weight excluding hydrogens is 356 g/mol. The number of ether oxygens (including phenoxy) is 1. The average Bonchev–Trinajstić information content (AvgIpc) is 2.74. The number of piperazine rings is 1. The van der Waals surface area contributed by atoms with Crippen LogP contribution in [0.5, 0.6) is 0 Å². The van der Waals surface area contributed by atoms with Crippen LogP contribution >= 0.6 is 0 Å². The van der Waals surface area contributed by atoms with Gasteiger partial charge in [0.05, 0.1) is 19.1 Å². The summed E-state index contributed by atoms with van der Waals surface area (Å²) in [6.07, 6.45) is -0.238. The van der Waals surface area contributed by atoms with E-state index in [1.54, 1.807) is 30.3 Å². The molecule has 0 unspecified atom stereocenters. The molecule has 0 aromatic heterocycles. The molecule has 146 valence electrons. The van der Waals surface area contributed by atoms with Crippen LogP contribution in [-0.4, -0.2) is 62.8 Å². The van der Waals surface area contributed by atoms with Crippen molar-refractivity contribution in [3.63, 3.8) is 0 Å². The number of nitrogens with zero attached hydrogens (tertiary/aromatic N) is 2. The van der Waals surface area contributed by atoms with E-state index in [9.17, 15) is 14.4 Å². The van der Waals surface area contributed by atoms with Crippen LogP contribution in [0.25, 0.3) is 0 Å². The van der Waals surface area contributed by atoms with Gasteiger partial charge in [-0.05, 0) is 43.4 Å². The average molecular weight is 380 g/mol. The Morgan fingerprint density at radius 2 is 1.46 bits per heavy atom. The number of Topliss-reactive ketones (excluding diaryl/α,β-unsaturated/α-hetero) is 2. The van der Waals surface area contributed by atoms with Crippen LogP contribution in [-0.2, 0) is 4.74 Å². The van der Waals surface area contributed by atoms with E-state index in [1.807, 2.05) is 12.1 Å². The number of carbonyl (C=O) groups is 3. The summed E-state index contributed by atoms with van der Waals surface area (Å²) in [7, 11) is 3.39. The fourth-order valence-corrected chi connectivity index (χ4v) is 3.21. The van der Waals surface area contributed by atoms with Gasteiger partial charge in [0.1, 0.15) is 0 Å². The lowest BCUT2D eigenvalue weighted by Crippen LogP contribution is -2.44. The Hall–Kier alpha value is -2.99. The summed E-state index contributed by atoms with van der Waals surface area (Å²) < 4.78 is 4.66. The van der Waals surface area contributed by atoms with Gasteiger partial charge < -0.3 is 14.5 Å². The van der Waals surface area contributed by atoms with Gasteiger partial charge in [-0.2, -0.15) is 0 Å². The zero-order chi connectivity index (χ0) is 20.1. The van der Waals surface area contributed by atoms with Crippen LogP contribution in [0.15, 0.2) is 48.5 Å². The van der Waals surface area contributed by atoms with E-state index < -0.39 is 5.97 Å². The van der Waals surface area contributed by atoms with Crippen LogP contribution in [0.1, 0.15) is 37.5 Å². The van der Waals surface area contributed by atoms with E-state index in [-0.39, 0.29) is 23.6 Å². The molecule has 2 aromatic rings. The largest absolute Gasteiger partial charge is 0.465 e. The Balaban J connectivity index is 1.64. The molecule has 3 rings (SSSR count). The van der Waals surface area contributed by atoms with E-state index >= 15 is 0 Å². The zero-order valence-electron chi connectivity index (χ0n) is 16.2. The molecule has 0 radical (unpaired) electrons. The molecule has 1 aliphatic rings. The molecule has 0 saturated carbocycles. The van der Waals surface area contributed by atoms with Crippen molar-refractivity contribution in [2.24, 2.45) is 0 Å². The molecule has 1 fully saturated rings. The standard InChI is InChI=1S/C22H24N2O4/c1-23-10-12-24(13-11-23)19-8-6-16(7-9-19)20(25)15-21(26)17-4-3-5-18(14-17)22(27)28-2/h3-9,14H,10-13,15H2,1-2H3. The van der Waals surface area contributed by atoms with Crippen molar-refractivity contribution in [2.45, 2.75) is 6.42 Å². The molecule has 6 nitrogen and oxygen atoms in total. The van der Waals surface area contributed by atoms with E-state index in [1.165, 1.54) is 13.2 Å². The lowest BCUT2D eigenvalue weighted by molar-refractivity contribution is 0.0600. The number of benzene rings is 2. The maximum atomic E-state index is 12.5. The van der Waals surface area contributed by atoms with Crippen molar-refractivity contribution in [3.8, 4) is 0 Å². The number of esters is 1. The molecule has 28 heavy (non-hydrogen) atoms. The van der Waals surface area contributed by atoms with Crippen LogP contribution in [0.2, 0.25) is 0 Å². The Morgan fingerprint density at radius 3 is 2.11 bits per heavy atom. The zero-order valence-corrected chi connectivity index (χ0v) is 16.2. The number of methoxy groups -OCH3 is 1. The smallest absolute Gasteiger partial charge is 0.337 e. The molecule has 0 atom stereocenters. The first kappa shape index (κ1) is 19.8. The van der Waals surface area contributed by atoms with Gasteiger partial charge in [0.25, 0.3) is 0 Å². The van der Waals surface area contributed by atoms with Crippen molar-refractivity contribution in [3.05, 3.63) is 65.2 Å². The molecular formula is C22H24N2O4. The second kappa shape index (κ2) is 8.80. The van der Waals surface area contributed by atoms with Crippen LogP contribution < -0.4 is 4.90 Å². The Labute approximate surface area is 164 Å². The number of likely N-dealkylation sites (N-methyl/N-ethyl adjacent to an activating group) is 1. The number of anilines is 1. The van der Waals surface area contributed by atoms with Gasteiger partial charge in [0.15, 0.2) is 11.6 Å². The third-order valence-corrected chi connectivity index (χ3v) is 4.98. The highest BCUT2D eigenvalue weighted by molar-refractivity contribution is 6.14. The number of hydrogen-bond acceptors (Lipinski definition) is 6. The van der Waals surface area contributed by atoms with E-state index in [0.29, 0.717) is 11.1 Å². The Bertz CT molecular complexity index is 868. The predicted octanol–water partition coefficient (Wildman–Crippen LogP) is 2.68. The van der Waals surface area contributed by atoms with Gasteiger partial charge in [-0.15, -0.1) is 0 Å². The highest BCUT2D eigenvalue weighted by atomic mass is 16.5. The third kappa shape index (κ3) is 4.64. The van der Waals surface area contributed by atoms with Gasteiger partial charge in [-0.1, -0.05) is 12.1 Å². The van der Waals surface area contributed by atoms with Crippen LogP contribution in [0.3, 0.4) is 0 Å². The summed E-state index contributed by atoms with van der Waals surface area (Å²) in [6, 6.07) is 13.6. The topological polar surface area (TPSA) is 66.9 Å². The monoisotopic (exact) mass is 380 g/mol. The van der Waals surface area contributed by atoms with E-state index in [2.05, 4.69) is 21.6 Å². The number of rotatable bonds is 6. The van der Waals surface area contributed by atoms with Gasteiger partial charge in [-0.25, -0.2) is 4.79 Å². The molecule has 0 aliphatic carbocycles. The quantitative estimate of drug-likeness (QED) is 0.436. The normalized spacial score (nSPS) is 14.6. The van der Waals surface area contributed by atoms with Crippen molar-refractivity contribution in [1.82, 2.24) is 4.90 Å². The number of hydrogen-bond donors (Lipinski definition) is 0. The molecule has 2 aromatic carbocycles. The first-order valence-electron chi connectivity index (χ1n) is 9.26. The van der Waals surface area contributed by atoms with E-state index in [4.69, 9.17) is 0 Å². The molecule has 1 heterocycles. The minimum atomic E-state index is -0.513. The van der Waals surface area contributed by atoms with Gasteiger partial charge in [-0.3, -0.25) is 9.59 Å².